The Balaban J connectivity index is 2.88. The summed E-state index contributed by atoms with van der Waals surface area (Å²) in [5.41, 5.74) is 0. The molecule has 2 nitrogen and oxygen atoms in total. The quantitative estimate of drug-likeness (QED) is 0.546. The van der Waals surface area contributed by atoms with Gasteiger partial charge < -0.3 is 0 Å². The standard InChI is InChI=1S/C8H13N2/c1-4-9-5-6-10(7-9)8(2)3/h4-8H,1H2,2-3H3/q+1. The SMILES string of the molecule is C=Cn1cc[n+](C(C)C)c1. The third kappa shape index (κ3) is 1.26. The van der Waals surface area contributed by atoms with Crippen molar-refractivity contribution < 1.29 is 4.57 Å². The summed E-state index contributed by atoms with van der Waals surface area (Å²) in [4.78, 5) is 0. The van der Waals surface area contributed by atoms with Crippen molar-refractivity contribution >= 4 is 6.20 Å². The van der Waals surface area contributed by atoms with E-state index in [1.807, 2.05) is 23.3 Å². The highest BCUT2D eigenvalue weighted by molar-refractivity contribution is 5.13. The molecule has 0 aliphatic rings. The highest BCUT2D eigenvalue weighted by Gasteiger charge is 2.02. The zero-order valence-electron chi connectivity index (χ0n) is 6.49. The van der Waals surface area contributed by atoms with Crippen molar-refractivity contribution in [3.8, 4) is 0 Å². The monoisotopic (exact) mass is 137 g/mol. The summed E-state index contributed by atoms with van der Waals surface area (Å²) in [7, 11) is 0. The van der Waals surface area contributed by atoms with Crippen LogP contribution in [0.4, 0.5) is 0 Å². The lowest BCUT2D eigenvalue weighted by Crippen LogP contribution is -2.33. The van der Waals surface area contributed by atoms with Gasteiger partial charge in [0.1, 0.15) is 12.4 Å². The minimum absolute atomic E-state index is 0.529. The van der Waals surface area contributed by atoms with Gasteiger partial charge in [0.15, 0.2) is 0 Å². The van der Waals surface area contributed by atoms with Gasteiger partial charge >= 0.3 is 0 Å². The van der Waals surface area contributed by atoms with Gasteiger partial charge in [-0.1, -0.05) is 6.58 Å². The molecule has 0 aromatic carbocycles. The van der Waals surface area contributed by atoms with Crippen molar-refractivity contribution in [1.29, 1.82) is 0 Å². The molecule has 1 heterocycles. The van der Waals surface area contributed by atoms with E-state index >= 15 is 0 Å². The number of hydrogen-bond acceptors (Lipinski definition) is 0. The zero-order chi connectivity index (χ0) is 7.56. The van der Waals surface area contributed by atoms with Crippen LogP contribution in [0.2, 0.25) is 0 Å². The van der Waals surface area contributed by atoms with Gasteiger partial charge in [-0.25, -0.2) is 9.13 Å². The molecule has 1 aromatic heterocycles. The van der Waals surface area contributed by atoms with Crippen molar-refractivity contribution in [2.75, 3.05) is 0 Å². The van der Waals surface area contributed by atoms with Crippen LogP contribution in [-0.4, -0.2) is 4.57 Å². The first kappa shape index (κ1) is 7.06. The first-order valence-corrected chi connectivity index (χ1v) is 3.45. The number of imidazole rings is 1. The maximum absolute atomic E-state index is 3.65. The first-order valence-electron chi connectivity index (χ1n) is 3.45. The van der Waals surface area contributed by atoms with E-state index < -0.39 is 0 Å². The zero-order valence-corrected chi connectivity index (χ0v) is 6.49. The second-order valence-electron chi connectivity index (χ2n) is 2.58. The minimum atomic E-state index is 0.529. The topological polar surface area (TPSA) is 8.81 Å². The van der Waals surface area contributed by atoms with Crippen LogP contribution in [0.5, 0.6) is 0 Å². The molecule has 0 N–H and O–H groups in total. The molecular formula is C8H13N2+. The summed E-state index contributed by atoms with van der Waals surface area (Å²) in [6.07, 6.45) is 7.80. The maximum Gasteiger partial charge on any atom is 0.248 e. The number of nitrogens with zero attached hydrogens (tertiary/aromatic N) is 2. The van der Waals surface area contributed by atoms with E-state index in [9.17, 15) is 0 Å². The van der Waals surface area contributed by atoms with Crippen LogP contribution in [0.1, 0.15) is 19.9 Å². The van der Waals surface area contributed by atoms with Crippen molar-refractivity contribution in [2.45, 2.75) is 19.9 Å². The molecule has 1 rings (SSSR count). The Bertz CT molecular complexity index is 223. The molecular weight excluding hydrogens is 124 g/mol. The van der Waals surface area contributed by atoms with E-state index in [4.69, 9.17) is 0 Å². The fourth-order valence-electron chi connectivity index (χ4n) is 0.798. The smallest absolute Gasteiger partial charge is 0.234 e. The van der Waals surface area contributed by atoms with Gasteiger partial charge in [0, 0.05) is 0 Å². The number of rotatable bonds is 2. The van der Waals surface area contributed by atoms with E-state index in [0.29, 0.717) is 6.04 Å². The predicted octanol–water partition coefficient (Wildman–Crippen LogP) is 1.46. The molecule has 0 bridgehead atoms. The molecule has 0 unspecified atom stereocenters. The Labute approximate surface area is 61.4 Å². The summed E-state index contributed by atoms with van der Waals surface area (Å²) in [6.45, 7) is 7.95. The molecule has 0 aliphatic heterocycles. The van der Waals surface area contributed by atoms with Crippen LogP contribution in [0.15, 0.2) is 25.3 Å². The van der Waals surface area contributed by atoms with Crippen LogP contribution in [0, 0.1) is 0 Å². The Morgan fingerprint density at radius 1 is 1.60 bits per heavy atom. The molecule has 0 amide bonds. The molecule has 0 spiro atoms. The second kappa shape index (κ2) is 2.69. The van der Waals surface area contributed by atoms with Crippen LogP contribution in [-0.2, 0) is 0 Å². The second-order valence-corrected chi connectivity index (χ2v) is 2.58. The van der Waals surface area contributed by atoms with Crippen molar-refractivity contribution in [3.05, 3.63) is 25.3 Å². The highest BCUT2D eigenvalue weighted by Crippen LogP contribution is 1.91. The largest absolute Gasteiger partial charge is 0.248 e. The molecule has 0 fully saturated rings. The Morgan fingerprint density at radius 2 is 2.30 bits per heavy atom. The van der Waals surface area contributed by atoms with Gasteiger partial charge in [0.05, 0.1) is 12.2 Å². The number of hydrogen-bond donors (Lipinski definition) is 0. The van der Waals surface area contributed by atoms with Gasteiger partial charge in [-0.3, -0.25) is 0 Å². The number of aromatic nitrogens is 2. The molecule has 0 radical (unpaired) electrons. The van der Waals surface area contributed by atoms with E-state index in [1.54, 1.807) is 6.20 Å². The normalized spacial score (nSPS) is 10.3. The third-order valence-corrected chi connectivity index (χ3v) is 1.48. The van der Waals surface area contributed by atoms with E-state index in [1.165, 1.54) is 0 Å². The van der Waals surface area contributed by atoms with Crippen LogP contribution < -0.4 is 4.57 Å². The van der Waals surface area contributed by atoms with E-state index in [-0.39, 0.29) is 0 Å². The molecule has 54 valence electrons. The Kier molecular flexibility index (Phi) is 1.90. The van der Waals surface area contributed by atoms with Gasteiger partial charge in [-0.2, -0.15) is 0 Å². The van der Waals surface area contributed by atoms with Crippen molar-refractivity contribution in [2.24, 2.45) is 0 Å². The van der Waals surface area contributed by atoms with Crippen molar-refractivity contribution in [3.63, 3.8) is 0 Å². The van der Waals surface area contributed by atoms with E-state index in [2.05, 4.69) is 25.0 Å². The lowest BCUT2D eigenvalue weighted by molar-refractivity contribution is -0.715. The van der Waals surface area contributed by atoms with Crippen LogP contribution in [0.25, 0.3) is 6.20 Å². The third-order valence-electron chi connectivity index (χ3n) is 1.48. The molecule has 0 atom stereocenters. The lowest BCUT2D eigenvalue weighted by atomic mass is 10.4. The molecule has 0 aliphatic carbocycles. The summed E-state index contributed by atoms with van der Waals surface area (Å²) in [5, 5.41) is 0. The highest BCUT2D eigenvalue weighted by atomic mass is 15.1. The average molecular weight is 137 g/mol. The molecule has 0 saturated heterocycles. The molecule has 2 heteroatoms. The summed E-state index contributed by atoms with van der Waals surface area (Å²) < 4.78 is 4.06. The fraction of sp³-hybridized carbons (Fsp3) is 0.375. The van der Waals surface area contributed by atoms with Gasteiger partial charge in [-0.05, 0) is 13.8 Å². The van der Waals surface area contributed by atoms with E-state index in [0.717, 1.165) is 0 Å². The van der Waals surface area contributed by atoms with Gasteiger partial charge in [0.2, 0.25) is 6.33 Å². The summed E-state index contributed by atoms with van der Waals surface area (Å²) in [6, 6.07) is 0.529. The summed E-state index contributed by atoms with van der Waals surface area (Å²) in [5.74, 6) is 0. The molecule has 0 saturated carbocycles. The Morgan fingerprint density at radius 3 is 2.60 bits per heavy atom. The fourth-order valence-corrected chi connectivity index (χ4v) is 0.798. The molecule has 10 heavy (non-hydrogen) atoms. The van der Waals surface area contributed by atoms with Crippen LogP contribution in [0.3, 0.4) is 0 Å². The van der Waals surface area contributed by atoms with Crippen molar-refractivity contribution in [1.82, 2.24) is 4.57 Å². The van der Waals surface area contributed by atoms with Crippen LogP contribution >= 0.6 is 0 Å². The Hall–Kier alpha value is -1.05. The first-order chi connectivity index (χ1) is 4.74. The molecule has 1 aromatic rings. The lowest BCUT2D eigenvalue weighted by Gasteiger charge is -1.95. The van der Waals surface area contributed by atoms with Gasteiger partial charge in [0.25, 0.3) is 0 Å². The van der Waals surface area contributed by atoms with Gasteiger partial charge in [-0.15, -0.1) is 0 Å². The maximum atomic E-state index is 3.65. The average Bonchev–Trinajstić information content (AvgIpc) is 2.34. The minimum Gasteiger partial charge on any atom is -0.234 e. The summed E-state index contributed by atoms with van der Waals surface area (Å²) >= 11 is 0. The predicted molar refractivity (Wildman–Crippen MR) is 41.4 cm³/mol.